The van der Waals surface area contributed by atoms with Gasteiger partial charge in [-0.05, 0) is 19.1 Å². The van der Waals surface area contributed by atoms with E-state index in [4.69, 9.17) is 0 Å². The van der Waals surface area contributed by atoms with Crippen molar-refractivity contribution in [3.63, 3.8) is 0 Å². The van der Waals surface area contributed by atoms with E-state index in [0.29, 0.717) is 22.5 Å². The summed E-state index contributed by atoms with van der Waals surface area (Å²) in [5, 5.41) is 13.7. The summed E-state index contributed by atoms with van der Waals surface area (Å²) in [5.41, 5.74) is 1.56. The van der Waals surface area contributed by atoms with E-state index in [1.165, 1.54) is 0 Å². The molecule has 6 nitrogen and oxygen atoms in total. The van der Waals surface area contributed by atoms with Crippen LogP contribution in [-0.2, 0) is 0 Å². The number of aryl methyl sites for hydroxylation is 1. The van der Waals surface area contributed by atoms with Gasteiger partial charge in [-0.3, -0.25) is 10.1 Å². The molecule has 78 valence electrons. The summed E-state index contributed by atoms with van der Waals surface area (Å²) in [7, 11) is 1.65. The van der Waals surface area contributed by atoms with Crippen molar-refractivity contribution in [1.82, 2.24) is 9.97 Å². The van der Waals surface area contributed by atoms with Gasteiger partial charge in [0.2, 0.25) is 0 Å². The molecule has 0 bridgehead atoms. The van der Waals surface area contributed by atoms with Gasteiger partial charge in [-0.25, -0.2) is 4.98 Å². The molecule has 0 saturated heterocycles. The van der Waals surface area contributed by atoms with Crippen molar-refractivity contribution < 1.29 is 4.92 Å². The van der Waals surface area contributed by atoms with Gasteiger partial charge in [0.05, 0.1) is 10.4 Å². The van der Waals surface area contributed by atoms with Crippen LogP contribution in [0.15, 0.2) is 12.1 Å². The summed E-state index contributed by atoms with van der Waals surface area (Å²) < 4.78 is 0. The van der Waals surface area contributed by atoms with Gasteiger partial charge < -0.3 is 10.3 Å². The quantitative estimate of drug-likeness (QED) is 0.579. The van der Waals surface area contributed by atoms with E-state index in [2.05, 4.69) is 15.3 Å². The van der Waals surface area contributed by atoms with Crippen LogP contribution in [0.3, 0.4) is 0 Å². The molecule has 15 heavy (non-hydrogen) atoms. The van der Waals surface area contributed by atoms with Crippen LogP contribution >= 0.6 is 0 Å². The lowest BCUT2D eigenvalue weighted by molar-refractivity contribution is -0.382. The molecule has 2 rings (SSSR count). The number of anilines is 1. The molecule has 6 heteroatoms. The van der Waals surface area contributed by atoms with Gasteiger partial charge in [0.15, 0.2) is 5.52 Å². The van der Waals surface area contributed by atoms with E-state index in [1.54, 1.807) is 26.1 Å². The van der Waals surface area contributed by atoms with Crippen LogP contribution in [0.25, 0.3) is 11.0 Å². The fraction of sp³-hybridized carbons (Fsp3) is 0.222. The Morgan fingerprint density at radius 3 is 2.87 bits per heavy atom. The number of hydrogen-bond acceptors (Lipinski definition) is 4. The number of nitro benzene ring substituents is 1. The van der Waals surface area contributed by atoms with Gasteiger partial charge in [0, 0.05) is 7.05 Å². The van der Waals surface area contributed by atoms with E-state index < -0.39 is 4.92 Å². The third kappa shape index (κ3) is 1.39. The monoisotopic (exact) mass is 206 g/mol. The molecule has 0 fully saturated rings. The zero-order valence-electron chi connectivity index (χ0n) is 8.37. The normalized spacial score (nSPS) is 10.5. The van der Waals surface area contributed by atoms with Gasteiger partial charge in [-0.1, -0.05) is 0 Å². The van der Waals surface area contributed by atoms with Crippen LogP contribution in [0.5, 0.6) is 0 Å². The standard InChI is InChI=1S/C9H10N4O2/c1-5-11-6-3-4-7(10-2)9(13(14)15)8(6)12-5/h3-4,10H,1-2H3,(H,11,12). The fourth-order valence-corrected chi connectivity index (χ4v) is 1.57. The number of fused-ring (bicyclic) bond motifs is 1. The van der Waals surface area contributed by atoms with Gasteiger partial charge in [-0.2, -0.15) is 0 Å². The Kier molecular flexibility index (Phi) is 2.03. The number of nitrogens with one attached hydrogen (secondary N) is 2. The van der Waals surface area contributed by atoms with Crippen LogP contribution in [0.1, 0.15) is 5.82 Å². The van der Waals surface area contributed by atoms with Crippen molar-refractivity contribution in [2.45, 2.75) is 6.92 Å². The van der Waals surface area contributed by atoms with Crippen LogP contribution in [-0.4, -0.2) is 21.9 Å². The van der Waals surface area contributed by atoms with Crippen LogP contribution < -0.4 is 5.32 Å². The Hall–Kier alpha value is -2.11. The molecule has 0 unspecified atom stereocenters. The molecule has 0 spiro atoms. The number of aromatic amines is 1. The van der Waals surface area contributed by atoms with Crippen LogP contribution in [0.4, 0.5) is 11.4 Å². The molecule has 1 aromatic carbocycles. The molecule has 0 aliphatic heterocycles. The Morgan fingerprint density at radius 2 is 2.27 bits per heavy atom. The first kappa shape index (κ1) is 9.45. The molecule has 0 radical (unpaired) electrons. The lowest BCUT2D eigenvalue weighted by atomic mass is 10.2. The van der Waals surface area contributed by atoms with Crippen molar-refractivity contribution in [1.29, 1.82) is 0 Å². The molecule has 0 amide bonds. The first-order chi connectivity index (χ1) is 7.13. The third-order valence-corrected chi connectivity index (χ3v) is 2.20. The number of aromatic nitrogens is 2. The highest BCUT2D eigenvalue weighted by molar-refractivity contribution is 5.91. The highest BCUT2D eigenvalue weighted by Gasteiger charge is 2.20. The first-order valence-corrected chi connectivity index (χ1v) is 4.45. The number of H-pyrrole nitrogens is 1. The number of benzene rings is 1. The summed E-state index contributed by atoms with van der Waals surface area (Å²) in [6.07, 6.45) is 0. The lowest BCUT2D eigenvalue weighted by Gasteiger charge is -2.01. The largest absolute Gasteiger partial charge is 0.382 e. The average molecular weight is 206 g/mol. The number of rotatable bonds is 2. The van der Waals surface area contributed by atoms with E-state index >= 15 is 0 Å². The summed E-state index contributed by atoms with van der Waals surface area (Å²) in [6, 6.07) is 3.44. The summed E-state index contributed by atoms with van der Waals surface area (Å²) >= 11 is 0. The van der Waals surface area contributed by atoms with E-state index in [-0.39, 0.29) is 5.69 Å². The molecule has 1 heterocycles. The Bertz CT molecular complexity index is 532. The molecule has 1 aromatic heterocycles. The van der Waals surface area contributed by atoms with Crippen LogP contribution in [0, 0.1) is 17.0 Å². The zero-order chi connectivity index (χ0) is 11.0. The molecular formula is C9H10N4O2. The third-order valence-electron chi connectivity index (χ3n) is 2.20. The second-order valence-electron chi connectivity index (χ2n) is 3.19. The number of nitrogens with zero attached hydrogens (tertiary/aromatic N) is 2. The van der Waals surface area contributed by atoms with Gasteiger partial charge in [0.1, 0.15) is 11.5 Å². The highest BCUT2D eigenvalue weighted by Crippen LogP contribution is 2.31. The Balaban J connectivity index is 2.83. The summed E-state index contributed by atoms with van der Waals surface area (Å²) in [6.45, 7) is 1.77. The first-order valence-electron chi connectivity index (χ1n) is 4.45. The second kappa shape index (κ2) is 3.23. The van der Waals surface area contributed by atoms with E-state index in [0.717, 1.165) is 0 Å². The van der Waals surface area contributed by atoms with Crippen molar-refractivity contribution in [3.8, 4) is 0 Å². The van der Waals surface area contributed by atoms with Crippen molar-refractivity contribution >= 4 is 22.4 Å². The van der Waals surface area contributed by atoms with E-state index in [9.17, 15) is 10.1 Å². The van der Waals surface area contributed by atoms with Gasteiger partial charge in [0.25, 0.3) is 0 Å². The molecule has 2 N–H and O–H groups in total. The van der Waals surface area contributed by atoms with Crippen molar-refractivity contribution in [2.24, 2.45) is 0 Å². The van der Waals surface area contributed by atoms with Crippen LogP contribution in [0.2, 0.25) is 0 Å². The second-order valence-corrected chi connectivity index (χ2v) is 3.19. The average Bonchev–Trinajstić information content (AvgIpc) is 2.55. The fourth-order valence-electron chi connectivity index (χ4n) is 1.57. The van der Waals surface area contributed by atoms with E-state index in [1.807, 2.05) is 0 Å². The molecule has 0 atom stereocenters. The number of nitro groups is 1. The van der Waals surface area contributed by atoms with Gasteiger partial charge >= 0.3 is 5.69 Å². The highest BCUT2D eigenvalue weighted by atomic mass is 16.6. The molecule has 2 aromatic rings. The minimum atomic E-state index is -0.422. The SMILES string of the molecule is CNc1ccc2[nH]c(C)nc2c1[N+](=O)[O-]. The summed E-state index contributed by atoms with van der Waals surface area (Å²) in [4.78, 5) is 17.6. The van der Waals surface area contributed by atoms with Crippen molar-refractivity contribution in [2.75, 3.05) is 12.4 Å². The Labute approximate surface area is 85.5 Å². The lowest BCUT2D eigenvalue weighted by Crippen LogP contribution is -1.97. The van der Waals surface area contributed by atoms with Crippen molar-refractivity contribution in [3.05, 3.63) is 28.1 Å². The maximum Gasteiger partial charge on any atom is 0.319 e. The smallest absolute Gasteiger partial charge is 0.319 e. The zero-order valence-corrected chi connectivity index (χ0v) is 8.37. The minimum Gasteiger partial charge on any atom is -0.382 e. The molecule has 0 saturated carbocycles. The molecule has 0 aliphatic carbocycles. The summed E-state index contributed by atoms with van der Waals surface area (Å²) in [5.74, 6) is 0.668. The van der Waals surface area contributed by atoms with Gasteiger partial charge in [-0.15, -0.1) is 0 Å². The predicted molar refractivity (Wildman–Crippen MR) is 57.0 cm³/mol. The molecule has 0 aliphatic rings. The Morgan fingerprint density at radius 1 is 1.53 bits per heavy atom. The molecular weight excluding hydrogens is 196 g/mol. The topological polar surface area (TPSA) is 83.8 Å². The maximum absolute atomic E-state index is 10.9. The number of imidazole rings is 1. The maximum atomic E-state index is 10.9. The minimum absolute atomic E-state index is 0.0133. The number of hydrogen-bond donors (Lipinski definition) is 2. The predicted octanol–water partition coefficient (Wildman–Crippen LogP) is 1.82.